The van der Waals surface area contributed by atoms with Crippen molar-refractivity contribution >= 4 is 23.0 Å². The van der Waals surface area contributed by atoms with Crippen molar-refractivity contribution < 1.29 is 4.79 Å². The number of halogens is 1. The van der Waals surface area contributed by atoms with E-state index in [0.717, 1.165) is 28.6 Å². The van der Waals surface area contributed by atoms with Crippen molar-refractivity contribution in [1.29, 1.82) is 0 Å². The minimum Gasteiger partial charge on any atom is -0.364 e. The molecule has 6 nitrogen and oxygen atoms in total. The van der Waals surface area contributed by atoms with Crippen LogP contribution in [0, 0.1) is 0 Å². The van der Waals surface area contributed by atoms with Crippen molar-refractivity contribution in [3.8, 4) is 22.5 Å². The summed E-state index contributed by atoms with van der Waals surface area (Å²) < 4.78 is 1.73. The number of fused-ring (bicyclic) bond motifs is 1. The van der Waals surface area contributed by atoms with E-state index in [1.54, 1.807) is 4.52 Å². The lowest BCUT2D eigenvalue weighted by Crippen LogP contribution is -2.13. The highest BCUT2D eigenvalue weighted by atomic mass is 35.5. The van der Waals surface area contributed by atoms with Gasteiger partial charge >= 0.3 is 0 Å². The summed E-state index contributed by atoms with van der Waals surface area (Å²) in [6.07, 6.45) is 4.12. The van der Waals surface area contributed by atoms with Gasteiger partial charge in [0.25, 0.3) is 5.91 Å². The minimum atomic E-state index is -0.534. The fraction of sp³-hybridized carbons (Fsp3) is 0.105. The van der Waals surface area contributed by atoms with Gasteiger partial charge in [-0.05, 0) is 47.9 Å². The molecule has 0 aliphatic carbocycles. The van der Waals surface area contributed by atoms with E-state index >= 15 is 0 Å². The molecule has 3 heterocycles. The summed E-state index contributed by atoms with van der Waals surface area (Å²) in [5, 5.41) is 4.77. The Kier molecular flexibility index (Phi) is 3.97. The van der Waals surface area contributed by atoms with Crippen LogP contribution >= 0.6 is 11.6 Å². The molecule has 26 heavy (non-hydrogen) atoms. The first-order valence-electron chi connectivity index (χ1n) is 8.18. The van der Waals surface area contributed by atoms with Crippen LogP contribution in [0.2, 0.25) is 5.02 Å². The molecule has 0 fully saturated rings. The van der Waals surface area contributed by atoms with E-state index in [-0.39, 0.29) is 0 Å². The van der Waals surface area contributed by atoms with Gasteiger partial charge in [0, 0.05) is 16.8 Å². The number of carbonyl (C=O) groups excluding carboxylic acids is 1. The standard InChI is InChI=1S/C19H16ClN5O/c1-2-11-5-6-12(20)8-13(11)14-9-15(24-17(14)19(21)26)18-16-4-3-7-25(16)23-10-22-18/h3-10,24H,2H2,1H3,(H2,21,26). The Bertz CT molecular complexity index is 1130. The molecule has 0 aliphatic heterocycles. The third kappa shape index (κ3) is 2.64. The molecule has 3 N–H and O–H groups in total. The van der Waals surface area contributed by atoms with Crippen LogP contribution in [0.25, 0.3) is 28.0 Å². The number of hydrogen-bond acceptors (Lipinski definition) is 3. The maximum Gasteiger partial charge on any atom is 0.265 e. The number of aromatic nitrogens is 4. The van der Waals surface area contributed by atoms with Crippen LogP contribution in [0.5, 0.6) is 0 Å². The van der Waals surface area contributed by atoms with E-state index in [0.29, 0.717) is 22.1 Å². The number of rotatable bonds is 4. The molecular formula is C19H16ClN5O. The first kappa shape index (κ1) is 16.4. The molecule has 4 aromatic rings. The van der Waals surface area contributed by atoms with Crippen LogP contribution in [0.1, 0.15) is 23.0 Å². The number of aryl methyl sites for hydroxylation is 1. The van der Waals surface area contributed by atoms with Gasteiger partial charge in [-0.1, -0.05) is 24.6 Å². The highest BCUT2D eigenvalue weighted by Crippen LogP contribution is 2.34. The average molecular weight is 366 g/mol. The molecular weight excluding hydrogens is 350 g/mol. The summed E-state index contributed by atoms with van der Waals surface area (Å²) in [7, 11) is 0. The van der Waals surface area contributed by atoms with Gasteiger partial charge in [-0.2, -0.15) is 5.10 Å². The quantitative estimate of drug-likeness (QED) is 0.577. The lowest BCUT2D eigenvalue weighted by atomic mass is 9.97. The van der Waals surface area contributed by atoms with Crippen molar-refractivity contribution in [2.75, 3.05) is 0 Å². The minimum absolute atomic E-state index is 0.334. The number of benzene rings is 1. The van der Waals surface area contributed by atoms with Gasteiger partial charge in [0.2, 0.25) is 0 Å². The van der Waals surface area contributed by atoms with E-state index in [2.05, 4.69) is 22.0 Å². The zero-order valence-corrected chi connectivity index (χ0v) is 14.8. The molecule has 0 atom stereocenters. The van der Waals surface area contributed by atoms with Gasteiger partial charge in [0.1, 0.15) is 17.7 Å². The number of primary amides is 1. The number of aromatic amines is 1. The lowest BCUT2D eigenvalue weighted by Gasteiger charge is -2.08. The van der Waals surface area contributed by atoms with Crippen molar-refractivity contribution in [2.24, 2.45) is 5.73 Å². The second-order valence-electron chi connectivity index (χ2n) is 5.94. The molecule has 3 aromatic heterocycles. The van der Waals surface area contributed by atoms with E-state index in [1.165, 1.54) is 6.33 Å². The topological polar surface area (TPSA) is 89.1 Å². The van der Waals surface area contributed by atoms with Crippen molar-refractivity contribution in [2.45, 2.75) is 13.3 Å². The molecule has 0 unspecified atom stereocenters. The largest absolute Gasteiger partial charge is 0.364 e. The first-order chi connectivity index (χ1) is 12.6. The number of amides is 1. The monoisotopic (exact) mass is 365 g/mol. The van der Waals surface area contributed by atoms with Crippen LogP contribution in [0.15, 0.2) is 48.9 Å². The molecule has 130 valence electrons. The summed E-state index contributed by atoms with van der Waals surface area (Å²) in [5.74, 6) is -0.534. The van der Waals surface area contributed by atoms with Crippen molar-refractivity contribution in [3.63, 3.8) is 0 Å². The van der Waals surface area contributed by atoms with Crippen LogP contribution in [0.3, 0.4) is 0 Å². The lowest BCUT2D eigenvalue weighted by molar-refractivity contribution is 0.0997. The Balaban J connectivity index is 1.97. The second kappa shape index (κ2) is 6.31. The maximum atomic E-state index is 12.1. The predicted molar refractivity (Wildman–Crippen MR) is 101 cm³/mol. The molecule has 1 amide bonds. The van der Waals surface area contributed by atoms with Crippen molar-refractivity contribution in [1.82, 2.24) is 19.6 Å². The molecule has 0 radical (unpaired) electrons. The van der Waals surface area contributed by atoms with Gasteiger partial charge in [-0.25, -0.2) is 9.50 Å². The number of carbonyl (C=O) groups is 1. The van der Waals surface area contributed by atoms with Gasteiger partial charge in [-0.15, -0.1) is 0 Å². The predicted octanol–water partition coefficient (Wildman–Crippen LogP) is 3.71. The fourth-order valence-corrected chi connectivity index (χ4v) is 3.34. The Morgan fingerprint density at radius 3 is 2.88 bits per heavy atom. The molecule has 7 heteroatoms. The van der Waals surface area contributed by atoms with E-state index in [9.17, 15) is 4.79 Å². The number of hydrogen-bond donors (Lipinski definition) is 2. The summed E-state index contributed by atoms with van der Waals surface area (Å²) in [4.78, 5) is 19.6. The van der Waals surface area contributed by atoms with Gasteiger partial charge in [-0.3, -0.25) is 4.79 Å². The molecule has 4 rings (SSSR count). The molecule has 0 bridgehead atoms. The maximum absolute atomic E-state index is 12.1. The highest BCUT2D eigenvalue weighted by Gasteiger charge is 2.19. The second-order valence-corrected chi connectivity index (χ2v) is 6.37. The van der Waals surface area contributed by atoms with Crippen LogP contribution in [0.4, 0.5) is 0 Å². The summed E-state index contributed by atoms with van der Waals surface area (Å²) in [6.45, 7) is 2.05. The number of nitrogens with two attached hydrogens (primary N) is 1. The summed E-state index contributed by atoms with van der Waals surface area (Å²) in [5.41, 5.74) is 10.9. The average Bonchev–Trinajstić information content (AvgIpc) is 3.28. The fourth-order valence-electron chi connectivity index (χ4n) is 3.17. The summed E-state index contributed by atoms with van der Waals surface area (Å²) >= 11 is 6.19. The zero-order valence-electron chi connectivity index (χ0n) is 14.0. The third-order valence-corrected chi connectivity index (χ3v) is 4.63. The smallest absolute Gasteiger partial charge is 0.265 e. The Labute approximate surface area is 154 Å². The van der Waals surface area contributed by atoms with Crippen LogP contribution in [-0.4, -0.2) is 25.5 Å². The van der Waals surface area contributed by atoms with E-state index in [4.69, 9.17) is 17.3 Å². The summed E-state index contributed by atoms with van der Waals surface area (Å²) in [6, 6.07) is 11.4. The van der Waals surface area contributed by atoms with Crippen LogP contribution in [-0.2, 0) is 6.42 Å². The molecule has 0 saturated heterocycles. The number of nitrogens with one attached hydrogen (secondary N) is 1. The number of H-pyrrole nitrogens is 1. The van der Waals surface area contributed by atoms with Crippen LogP contribution < -0.4 is 5.73 Å². The SMILES string of the molecule is CCc1ccc(Cl)cc1-c1cc(-c2ncnn3cccc23)[nH]c1C(N)=O. The Hall–Kier alpha value is -3.12. The van der Waals surface area contributed by atoms with Gasteiger partial charge < -0.3 is 10.7 Å². The molecule has 1 aromatic carbocycles. The molecule has 0 aliphatic rings. The van der Waals surface area contributed by atoms with E-state index in [1.807, 2.05) is 42.6 Å². The molecule has 0 saturated carbocycles. The zero-order chi connectivity index (χ0) is 18.3. The van der Waals surface area contributed by atoms with Gasteiger partial charge in [0.05, 0.1) is 11.2 Å². The highest BCUT2D eigenvalue weighted by molar-refractivity contribution is 6.31. The third-order valence-electron chi connectivity index (χ3n) is 4.40. The Morgan fingerprint density at radius 2 is 2.12 bits per heavy atom. The van der Waals surface area contributed by atoms with Gasteiger partial charge in [0.15, 0.2) is 0 Å². The normalized spacial score (nSPS) is 11.2. The van der Waals surface area contributed by atoms with E-state index < -0.39 is 5.91 Å². The number of nitrogens with zero attached hydrogens (tertiary/aromatic N) is 3. The first-order valence-corrected chi connectivity index (χ1v) is 8.56. The van der Waals surface area contributed by atoms with Crippen molar-refractivity contribution in [3.05, 3.63) is 65.2 Å². The Morgan fingerprint density at radius 1 is 1.27 bits per heavy atom. The molecule has 0 spiro atoms.